The lowest BCUT2D eigenvalue weighted by Crippen LogP contribution is -2.54. The first-order chi connectivity index (χ1) is 10.1. The van der Waals surface area contributed by atoms with Gasteiger partial charge in [0.25, 0.3) is 0 Å². The van der Waals surface area contributed by atoms with Crippen LogP contribution in [0.5, 0.6) is 5.75 Å². The number of carbonyl (C=O) groups is 2. The largest absolute Gasteiger partial charge is 0.491 e. The van der Waals surface area contributed by atoms with Crippen LogP contribution in [0.3, 0.4) is 0 Å². The third kappa shape index (κ3) is 5.01. The highest BCUT2D eigenvalue weighted by atomic mass is 79.9. The first-order valence-electron chi connectivity index (χ1n) is 6.83. The van der Waals surface area contributed by atoms with Gasteiger partial charge in [-0.25, -0.2) is 0 Å². The van der Waals surface area contributed by atoms with Crippen molar-refractivity contribution in [2.24, 2.45) is 0 Å². The molecular weight excluding hydrogens is 432 g/mol. The van der Waals surface area contributed by atoms with Crippen molar-refractivity contribution in [2.75, 3.05) is 6.61 Å². The molecule has 0 saturated carbocycles. The van der Waals surface area contributed by atoms with E-state index < -0.39 is 13.4 Å². The van der Waals surface area contributed by atoms with Crippen LogP contribution >= 0.6 is 31.9 Å². The summed E-state index contributed by atoms with van der Waals surface area (Å²) in [5.41, 5.74) is 0. The highest BCUT2D eigenvalue weighted by Crippen LogP contribution is 2.35. The van der Waals surface area contributed by atoms with Crippen molar-refractivity contribution in [3.8, 4) is 5.75 Å². The van der Waals surface area contributed by atoms with E-state index in [4.69, 9.17) is 9.16 Å². The SMILES string of the molecule is C[C@H](COc1cc(Br)cc(Br)c1)O[Si](C=O)(C=O)C(C)(C)C. The molecule has 0 fully saturated rings. The van der Waals surface area contributed by atoms with Gasteiger partial charge in [0.05, 0.1) is 6.10 Å². The van der Waals surface area contributed by atoms with E-state index in [2.05, 4.69) is 31.9 Å². The van der Waals surface area contributed by atoms with Gasteiger partial charge in [-0.15, -0.1) is 0 Å². The molecule has 0 aromatic heterocycles. The number of ether oxygens (including phenoxy) is 1. The van der Waals surface area contributed by atoms with Crippen molar-refractivity contribution in [3.63, 3.8) is 0 Å². The number of hydrogen-bond donors (Lipinski definition) is 0. The third-order valence-electron chi connectivity index (χ3n) is 3.24. The Balaban J connectivity index is 2.74. The lowest BCUT2D eigenvalue weighted by Gasteiger charge is -2.34. The van der Waals surface area contributed by atoms with Crippen LogP contribution in [0, 0.1) is 0 Å². The molecule has 0 aliphatic heterocycles. The van der Waals surface area contributed by atoms with E-state index in [0.717, 1.165) is 8.95 Å². The Kier molecular flexibility index (Phi) is 6.98. The van der Waals surface area contributed by atoms with Gasteiger partial charge in [-0.2, -0.15) is 0 Å². The van der Waals surface area contributed by atoms with Gasteiger partial charge in [-0.1, -0.05) is 52.6 Å². The Hall–Kier alpha value is -0.503. The van der Waals surface area contributed by atoms with Crippen LogP contribution in [0.15, 0.2) is 27.1 Å². The quantitative estimate of drug-likeness (QED) is 0.458. The first-order valence-corrected chi connectivity index (χ1v) is 10.5. The van der Waals surface area contributed by atoms with Crippen LogP contribution < -0.4 is 4.74 Å². The van der Waals surface area contributed by atoms with Crippen molar-refractivity contribution < 1.29 is 18.8 Å². The van der Waals surface area contributed by atoms with E-state index in [0.29, 0.717) is 17.6 Å². The van der Waals surface area contributed by atoms with Crippen LogP contribution in [0.1, 0.15) is 27.7 Å². The summed E-state index contributed by atoms with van der Waals surface area (Å²) in [6.45, 7) is 7.60. The lowest BCUT2D eigenvalue weighted by atomic mass is 10.2. The van der Waals surface area contributed by atoms with Crippen molar-refractivity contribution >= 4 is 52.0 Å². The van der Waals surface area contributed by atoms with Crippen LogP contribution in [-0.2, 0) is 14.0 Å². The van der Waals surface area contributed by atoms with Gasteiger partial charge in [-0.3, -0.25) is 0 Å². The third-order valence-corrected chi connectivity index (χ3v) is 7.99. The fourth-order valence-electron chi connectivity index (χ4n) is 1.81. The van der Waals surface area contributed by atoms with Crippen molar-refractivity contribution in [1.29, 1.82) is 0 Å². The van der Waals surface area contributed by atoms with Gasteiger partial charge < -0.3 is 18.8 Å². The van der Waals surface area contributed by atoms with Crippen LogP contribution in [-0.4, -0.2) is 32.8 Å². The Labute approximate surface area is 149 Å². The highest BCUT2D eigenvalue weighted by molar-refractivity contribution is 9.11. The first kappa shape index (κ1) is 19.5. The normalized spacial score (nSPS) is 13.5. The molecule has 0 aliphatic rings. The second-order valence-electron chi connectivity index (χ2n) is 6.12. The molecule has 1 rings (SSSR count). The zero-order chi connectivity index (χ0) is 17.0. The van der Waals surface area contributed by atoms with Gasteiger partial charge in [0.2, 0.25) is 0 Å². The molecule has 0 amide bonds. The fourth-order valence-corrected chi connectivity index (χ4v) is 5.02. The molecule has 0 spiro atoms. The summed E-state index contributed by atoms with van der Waals surface area (Å²) >= 11 is 6.78. The molecule has 22 heavy (non-hydrogen) atoms. The number of halogens is 2. The molecule has 0 saturated heterocycles. The minimum Gasteiger partial charge on any atom is -0.491 e. The average molecular weight is 452 g/mol. The number of hydrogen-bond acceptors (Lipinski definition) is 4. The van der Waals surface area contributed by atoms with Crippen LogP contribution in [0.25, 0.3) is 0 Å². The maximum absolute atomic E-state index is 11.5. The monoisotopic (exact) mass is 450 g/mol. The highest BCUT2D eigenvalue weighted by Gasteiger charge is 2.48. The van der Waals surface area contributed by atoms with Gasteiger partial charge in [-0.05, 0) is 30.2 Å². The molecule has 1 aromatic carbocycles. The molecule has 0 bridgehead atoms. The minimum absolute atomic E-state index is 0.259. The second-order valence-corrected chi connectivity index (χ2v) is 11.7. The molecule has 0 radical (unpaired) electrons. The number of benzene rings is 1. The molecule has 7 heteroatoms. The van der Waals surface area contributed by atoms with E-state index >= 15 is 0 Å². The molecule has 122 valence electrons. The molecule has 0 heterocycles. The van der Waals surface area contributed by atoms with E-state index in [1.807, 2.05) is 39.0 Å². The van der Waals surface area contributed by atoms with Gasteiger partial charge >= 0.3 is 8.32 Å². The zero-order valence-electron chi connectivity index (χ0n) is 13.1. The van der Waals surface area contributed by atoms with E-state index in [1.165, 1.54) is 0 Å². The summed E-state index contributed by atoms with van der Waals surface area (Å²) in [6.07, 6.45) is -0.362. The predicted octanol–water partition coefficient (Wildman–Crippen LogP) is 4.28. The fraction of sp³-hybridized carbons (Fsp3) is 0.467. The molecule has 1 aromatic rings. The van der Waals surface area contributed by atoms with Gasteiger partial charge in [0, 0.05) is 8.95 Å². The lowest BCUT2D eigenvalue weighted by molar-refractivity contribution is 0.135. The van der Waals surface area contributed by atoms with Crippen LogP contribution in [0.2, 0.25) is 5.04 Å². The molecule has 0 unspecified atom stereocenters. The smallest absolute Gasteiger partial charge is 0.332 e. The Bertz CT molecular complexity index is 515. The molecular formula is C15H20Br2O4Si. The zero-order valence-corrected chi connectivity index (χ0v) is 17.2. The topological polar surface area (TPSA) is 52.6 Å². The molecule has 0 N–H and O–H groups in total. The minimum atomic E-state index is -3.13. The summed E-state index contributed by atoms with van der Waals surface area (Å²) in [4.78, 5) is 22.9. The van der Waals surface area contributed by atoms with E-state index in [-0.39, 0.29) is 12.7 Å². The van der Waals surface area contributed by atoms with E-state index in [9.17, 15) is 9.59 Å². The van der Waals surface area contributed by atoms with Gasteiger partial charge in [0.1, 0.15) is 24.2 Å². The Morgan fingerprint density at radius 3 is 2.05 bits per heavy atom. The molecule has 1 atom stereocenters. The maximum atomic E-state index is 11.5. The average Bonchev–Trinajstić information content (AvgIpc) is 2.40. The Morgan fingerprint density at radius 1 is 1.14 bits per heavy atom. The van der Waals surface area contributed by atoms with Crippen molar-refractivity contribution in [1.82, 2.24) is 0 Å². The summed E-state index contributed by atoms with van der Waals surface area (Å²) in [5, 5.41) is -0.496. The summed E-state index contributed by atoms with van der Waals surface area (Å²) < 4.78 is 13.3. The van der Waals surface area contributed by atoms with Crippen molar-refractivity contribution in [3.05, 3.63) is 27.1 Å². The summed E-state index contributed by atoms with van der Waals surface area (Å²) in [5.74, 6) is 2.08. The number of carbonyl (C=O) groups excluding carboxylic acids is 2. The maximum Gasteiger partial charge on any atom is 0.332 e. The molecule has 0 aliphatic carbocycles. The Morgan fingerprint density at radius 2 is 1.64 bits per heavy atom. The standard InChI is InChI=1S/C15H20Br2O4Si/c1-11(21-22(9-18,10-19)15(2,3)4)8-20-14-6-12(16)5-13(17)7-14/h5-7,9-11H,8H2,1-4H3/t11-/m1/s1. The molecule has 4 nitrogen and oxygen atoms in total. The van der Waals surface area contributed by atoms with Crippen molar-refractivity contribution in [2.45, 2.75) is 38.8 Å². The summed E-state index contributed by atoms with van der Waals surface area (Å²) in [7, 11) is -3.13. The predicted molar refractivity (Wildman–Crippen MR) is 96.9 cm³/mol. The number of rotatable bonds is 7. The second kappa shape index (κ2) is 7.85. The van der Waals surface area contributed by atoms with Gasteiger partial charge in [0.15, 0.2) is 0 Å². The van der Waals surface area contributed by atoms with Crippen LogP contribution in [0.4, 0.5) is 0 Å². The summed E-state index contributed by atoms with van der Waals surface area (Å²) in [6, 6.07) is 5.58. The van der Waals surface area contributed by atoms with E-state index in [1.54, 1.807) is 6.92 Å².